The number of methoxy groups -OCH3 is 1. The lowest BCUT2D eigenvalue weighted by Gasteiger charge is -2.33. The number of rotatable bonds is 5. The molecule has 2 fully saturated rings. The van der Waals surface area contributed by atoms with Crippen molar-refractivity contribution in [3.8, 4) is 5.75 Å². The van der Waals surface area contributed by atoms with Crippen molar-refractivity contribution in [2.45, 2.75) is 25.2 Å². The second-order valence-electron chi connectivity index (χ2n) is 9.25. The van der Waals surface area contributed by atoms with E-state index in [1.807, 2.05) is 65.6 Å². The molecule has 0 saturated carbocycles. The van der Waals surface area contributed by atoms with Gasteiger partial charge >= 0.3 is 0 Å². The number of hydrogen-bond acceptors (Lipinski definition) is 3. The zero-order valence-corrected chi connectivity index (χ0v) is 20.2. The van der Waals surface area contributed by atoms with E-state index in [2.05, 4.69) is 35.2 Å². The Bertz CT molecular complexity index is 974. The van der Waals surface area contributed by atoms with E-state index in [4.69, 9.17) is 4.74 Å². The number of carbonyl (C=O) groups excluding carboxylic acids is 1. The Morgan fingerprint density at radius 2 is 1.38 bits per heavy atom. The molecular formula is C30H36N2O2. The molecule has 3 aromatic carbocycles. The molecule has 4 nitrogen and oxygen atoms in total. The van der Waals surface area contributed by atoms with Gasteiger partial charge in [0.05, 0.1) is 12.7 Å². The normalized spacial score (nSPS) is 18.7. The van der Waals surface area contributed by atoms with E-state index in [9.17, 15) is 4.79 Å². The molecule has 0 aliphatic carbocycles. The predicted octanol–water partition coefficient (Wildman–Crippen LogP) is 5.72. The standard InChI is InChI=1S/C24H30N2O2.C6H6/c1-28-23-10-6-5-9-22(23)24(27)26-16-11-19(18-26)17-25-14-12-21(13-15-25)20-7-3-2-4-8-20;1-2-4-6-5-3-1/h2-10,19,21H,11-18H2,1H3;1-6H/t19-;/m0./s1. The minimum Gasteiger partial charge on any atom is -0.496 e. The number of benzene rings is 3. The van der Waals surface area contributed by atoms with Gasteiger partial charge in [-0.15, -0.1) is 0 Å². The third-order valence-corrected chi connectivity index (χ3v) is 6.95. The molecule has 0 bridgehead atoms. The molecule has 5 rings (SSSR count). The van der Waals surface area contributed by atoms with E-state index in [-0.39, 0.29) is 5.91 Å². The fraction of sp³-hybridized carbons (Fsp3) is 0.367. The first-order valence-corrected chi connectivity index (χ1v) is 12.4. The van der Waals surface area contributed by atoms with Gasteiger partial charge in [0.2, 0.25) is 0 Å². The van der Waals surface area contributed by atoms with Crippen LogP contribution in [-0.2, 0) is 0 Å². The van der Waals surface area contributed by atoms with Gasteiger partial charge in [-0.25, -0.2) is 0 Å². The van der Waals surface area contributed by atoms with Gasteiger partial charge in [0, 0.05) is 19.6 Å². The van der Waals surface area contributed by atoms with Crippen LogP contribution in [0.25, 0.3) is 0 Å². The van der Waals surface area contributed by atoms with Crippen molar-refractivity contribution in [2.75, 3.05) is 39.8 Å². The molecule has 0 radical (unpaired) electrons. The summed E-state index contributed by atoms with van der Waals surface area (Å²) in [5.74, 6) is 2.04. The summed E-state index contributed by atoms with van der Waals surface area (Å²) in [6.07, 6.45) is 3.57. The first kappa shape index (κ1) is 24.0. The zero-order chi connectivity index (χ0) is 23.6. The van der Waals surface area contributed by atoms with E-state index < -0.39 is 0 Å². The zero-order valence-electron chi connectivity index (χ0n) is 20.2. The van der Waals surface area contributed by atoms with Crippen molar-refractivity contribution in [2.24, 2.45) is 5.92 Å². The van der Waals surface area contributed by atoms with Crippen molar-refractivity contribution < 1.29 is 9.53 Å². The molecule has 2 saturated heterocycles. The number of hydrogen-bond donors (Lipinski definition) is 0. The Hall–Kier alpha value is -3.11. The first-order valence-electron chi connectivity index (χ1n) is 12.4. The molecule has 0 N–H and O–H groups in total. The van der Waals surface area contributed by atoms with Crippen LogP contribution in [0.4, 0.5) is 0 Å². The van der Waals surface area contributed by atoms with E-state index in [0.29, 0.717) is 23.1 Å². The molecule has 2 aliphatic heterocycles. The SMILES string of the molecule is COc1ccccc1C(=O)N1CC[C@@H](CN2CCC(c3ccccc3)CC2)C1.c1ccccc1. The lowest BCUT2D eigenvalue weighted by Crippen LogP contribution is -2.37. The monoisotopic (exact) mass is 456 g/mol. The number of piperidine rings is 1. The summed E-state index contributed by atoms with van der Waals surface area (Å²) >= 11 is 0. The smallest absolute Gasteiger partial charge is 0.257 e. The summed E-state index contributed by atoms with van der Waals surface area (Å²) in [6.45, 7) is 5.14. The van der Waals surface area contributed by atoms with E-state index in [0.717, 1.165) is 39.1 Å². The first-order chi connectivity index (χ1) is 16.7. The van der Waals surface area contributed by atoms with Gasteiger partial charge in [-0.05, 0) is 61.9 Å². The molecule has 0 spiro atoms. The van der Waals surface area contributed by atoms with Crippen molar-refractivity contribution in [1.29, 1.82) is 0 Å². The predicted molar refractivity (Wildman–Crippen MR) is 138 cm³/mol. The number of ether oxygens (including phenoxy) is 1. The number of nitrogens with zero attached hydrogens (tertiary/aromatic N) is 2. The highest BCUT2D eigenvalue weighted by Gasteiger charge is 2.30. The van der Waals surface area contributed by atoms with Gasteiger partial charge in [-0.2, -0.15) is 0 Å². The van der Waals surface area contributed by atoms with Crippen LogP contribution in [0.5, 0.6) is 5.75 Å². The third-order valence-electron chi connectivity index (χ3n) is 6.95. The molecular weight excluding hydrogens is 420 g/mol. The Labute approximate surface area is 204 Å². The molecule has 0 unspecified atom stereocenters. The van der Waals surface area contributed by atoms with Crippen LogP contribution in [0, 0.1) is 5.92 Å². The quantitative estimate of drug-likeness (QED) is 0.492. The fourth-order valence-corrected chi connectivity index (χ4v) is 5.08. The largest absolute Gasteiger partial charge is 0.496 e. The maximum Gasteiger partial charge on any atom is 0.257 e. The molecule has 2 heterocycles. The van der Waals surface area contributed by atoms with Crippen molar-refractivity contribution >= 4 is 5.91 Å². The third kappa shape index (κ3) is 6.48. The highest BCUT2D eigenvalue weighted by Crippen LogP contribution is 2.29. The summed E-state index contributed by atoms with van der Waals surface area (Å²) in [4.78, 5) is 17.5. The number of amides is 1. The molecule has 3 aromatic rings. The number of carbonyl (C=O) groups is 1. The summed E-state index contributed by atoms with van der Waals surface area (Å²) in [6, 6.07) is 30.4. The molecule has 4 heteroatoms. The highest BCUT2D eigenvalue weighted by atomic mass is 16.5. The maximum atomic E-state index is 12.9. The fourth-order valence-electron chi connectivity index (χ4n) is 5.08. The van der Waals surface area contributed by atoms with Crippen LogP contribution in [0.15, 0.2) is 91.0 Å². The van der Waals surface area contributed by atoms with Crippen LogP contribution in [-0.4, -0.2) is 55.5 Å². The van der Waals surface area contributed by atoms with Crippen molar-refractivity contribution in [3.05, 3.63) is 102 Å². The molecule has 34 heavy (non-hydrogen) atoms. The van der Waals surface area contributed by atoms with Crippen LogP contribution >= 0.6 is 0 Å². The Morgan fingerprint density at radius 1 is 0.794 bits per heavy atom. The summed E-state index contributed by atoms with van der Waals surface area (Å²) < 4.78 is 5.37. The minimum atomic E-state index is 0.0998. The topological polar surface area (TPSA) is 32.8 Å². The van der Waals surface area contributed by atoms with Crippen molar-refractivity contribution in [1.82, 2.24) is 9.80 Å². The van der Waals surface area contributed by atoms with Gasteiger partial charge in [-0.3, -0.25) is 4.79 Å². The van der Waals surface area contributed by atoms with E-state index >= 15 is 0 Å². The van der Waals surface area contributed by atoms with Gasteiger partial charge < -0.3 is 14.5 Å². The maximum absolute atomic E-state index is 12.9. The van der Waals surface area contributed by atoms with E-state index in [1.54, 1.807) is 7.11 Å². The molecule has 0 aromatic heterocycles. The summed E-state index contributed by atoms with van der Waals surface area (Å²) in [5, 5.41) is 0. The molecule has 1 amide bonds. The van der Waals surface area contributed by atoms with Crippen LogP contribution in [0.2, 0.25) is 0 Å². The van der Waals surface area contributed by atoms with Gasteiger partial charge in [0.1, 0.15) is 5.75 Å². The van der Waals surface area contributed by atoms with Crippen LogP contribution < -0.4 is 4.74 Å². The number of para-hydroxylation sites is 1. The van der Waals surface area contributed by atoms with E-state index in [1.165, 1.54) is 18.4 Å². The van der Waals surface area contributed by atoms with Crippen LogP contribution in [0.1, 0.15) is 41.1 Å². The minimum absolute atomic E-state index is 0.0998. The lowest BCUT2D eigenvalue weighted by molar-refractivity contribution is 0.0778. The average Bonchev–Trinajstić information content (AvgIpc) is 3.39. The molecule has 178 valence electrons. The summed E-state index contributed by atoms with van der Waals surface area (Å²) in [5.41, 5.74) is 2.16. The molecule has 1 atom stereocenters. The lowest BCUT2D eigenvalue weighted by atomic mass is 9.89. The van der Waals surface area contributed by atoms with Crippen LogP contribution in [0.3, 0.4) is 0 Å². The van der Waals surface area contributed by atoms with Crippen molar-refractivity contribution in [3.63, 3.8) is 0 Å². The van der Waals surface area contributed by atoms with Gasteiger partial charge in [-0.1, -0.05) is 78.9 Å². The highest BCUT2D eigenvalue weighted by molar-refractivity contribution is 5.97. The van der Waals surface area contributed by atoms with Gasteiger partial charge in [0.15, 0.2) is 0 Å². The molecule has 2 aliphatic rings. The second kappa shape index (κ2) is 12.4. The Morgan fingerprint density at radius 3 is 2.03 bits per heavy atom. The van der Waals surface area contributed by atoms with Gasteiger partial charge in [0.25, 0.3) is 5.91 Å². The average molecular weight is 457 g/mol. The Balaban J connectivity index is 0.000000398. The summed E-state index contributed by atoms with van der Waals surface area (Å²) in [7, 11) is 1.62. The Kier molecular flexibility index (Phi) is 8.75. The number of likely N-dealkylation sites (tertiary alicyclic amines) is 2. The second-order valence-corrected chi connectivity index (χ2v) is 9.25.